The van der Waals surface area contributed by atoms with Crippen LogP contribution in [0.4, 0.5) is 0 Å². The lowest BCUT2D eigenvalue weighted by Gasteiger charge is -2.13. The van der Waals surface area contributed by atoms with E-state index in [-0.39, 0.29) is 5.91 Å². The molecule has 0 heterocycles. The molecule has 6 heteroatoms. The Morgan fingerprint density at radius 3 is 2.71 bits per heavy atom. The maximum atomic E-state index is 12.3. The number of amides is 1. The van der Waals surface area contributed by atoms with E-state index in [0.29, 0.717) is 18.1 Å². The minimum Gasteiger partial charge on any atom is -0.493 e. The Morgan fingerprint density at radius 2 is 1.93 bits per heavy atom. The number of fused-ring (bicyclic) bond motifs is 1. The standard InChI is InChI=1S/C22H21BrN2O3/c1-3-27-21-11-9-19(23)12-18(21)14-24-25-22(26)15(2)28-20-10-8-16-6-4-5-7-17(16)13-20/h4-15H,3H2,1-2H3,(H,25,26). The first kappa shape index (κ1) is 19.9. The second-order valence-electron chi connectivity index (χ2n) is 6.12. The molecule has 3 aromatic rings. The molecular formula is C22H21BrN2O3. The second kappa shape index (κ2) is 9.37. The summed E-state index contributed by atoms with van der Waals surface area (Å²) in [7, 11) is 0. The summed E-state index contributed by atoms with van der Waals surface area (Å²) in [6, 6.07) is 19.3. The van der Waals surface area contributed by atoms with Gasteiger partial charge in [0.25, 0.3) is 5.91 Å². The van der Waals surface area contributed by atoms with E-state index in [1.165, 1.54) is 0 Å². The summed E-state index contributed by atoms with van der Waals surface area (Å²) in [6.45, 7) is 4.15. The van der Waals surface area contributed by atoms with Crippen LogP contribution in [0, 0.1) is 0 Å². The molecule has 5 nitrogen and oxygen atoms in total. The summed E-state index contributed by atoms with van der Waals surface area (Å²) in [5.41, 5.74) is 3.28. The zero-order chi connectivity index (χ0) is 19.9. The molecule has 0 radical (unpaired) electrons. The minimum absolute atomic E-state index is 0.336. The number of ether oxygens (including phenoxy) is 2. The number of halogens is 1. The Bertz CT molecular complexity index is 1000. The minimum atomic E-state index is -0.688. The van der Waals surface area contributed by atoms with E-state index >= 15 is 0 Å². The van der Waals surface area contributed by atoms with Crippen molar-refractivity contribution in [1.29, 1.82) is 0 Å². The fourth-order valence-corrected chi connectivity index (χ4v) is 3.04. The van der Waals surface area contributed by atoms with E-state index in [2.05, 4.69) is 26.5 Å². The van der Waals surface area contributed by atoms with Crippen LogP contribution >= 0.6 is 15.9 Å². The van der Waals surface area contributed by atoms with Crippen LogP contribution < -0.4 is 14.9 Å². The predicted octanol–water partition coefficient (Wildman–Crippen LogP) is 4.92. The Balaban J connectivity index is 1.62. The molecule has 0 aromatic heterocycles. The second-order valence-corrected chi connectivity index (χ2v) is 7.03. The first-order valence-electron chi connectivity index (χ1n) is 8.97. The number of nitrogens with one attached hydrogen (secondary N) is 1. The summed E-state index contributed by atoms with van der Waals surface area (Å²) in [4.78, 5) is 12.3. The van der Waals surface area contributed by atoms with Gasteiger partial charge in [-0.1, -0.05) is 46.3 Å². The highest BCUT2D eigenvalue weighted by molar-refractivity contribution is 9.10. The fourth-order valence-electron chi connectivity index (χ4n) is 2.66. The molecule has 28 heavy (non-hydrogen) atoms. The van der Waals surface area contributed by atoms with Crippen LogP contribution in [0.2, 0.25) is 0 Å². The molecule has 1 atom stereocenters. The molecule has 0 saturated heterocycles. The molecule has 0 bridgehead atoms. The van der Waals surface area contributed by atoms with E-state index in [1.807, 2.05) is 67.6 Å². The Hall–Kier alpha value is -2.86. The van der Waals surface area contributed by atoms with E-state index in [0.717, 1.165) is 20.8 Å². The number of hydrazone groups is 1. The number of carbonyl (C=O) groups excluding carboxylic acids is 1. The summed E-state index contributed by atoms with van der Waals surface area (Å²) in [5, 5.41) is 6.21. The molecule has 3 aromatic carbocycles. The molecule has 3 rings (SSSR count). The maximum Gasteiger partial charge on any atom is 0.280 e. The normalized spacial score (nSPS) is 12.1. The van der Waals surface area contributed by atoms with Crippen molar-refractivity contribution in [1.82, 2.24) is 5.43 Å². The molecule has 1 N–H and O–H groups in total. The highest BCUT2D eigenvalue weighted by Crippen LogP contribution is 2.22. The van der Waals surface area contributed by atoms with Gasteiger partial charge in [0.2, 0.25) is 0 Å². The van der Waals surface area contributed by atoms with Gasteiger partial charge in [0.15, 0.2) is 6.10 Å². The third-order valence-electron chi connectivity index (χ3n) is 4.05. The SMILES string of the molecule is CCOc1ccc(Br)cc1C=NNC(=O)C(C)Oc1ccc2ccccc2c1. The van der Waals surface area contributed by atoms with Crippen molar-refractivity contribution in [2.45, 2.75) is 20.0 Å². The van der Waals surface area contributed by atoms with Crippen molar-refractivity contribution >= 4 is 38.8 Å². The maximum absolute atomic E-state index is 12.3. The fraction of sp³-hybridized carbons (Fsp3) is 0.182. The van der Waals surface area contributed by atoms with Crippen LogP contribution in [0.15, 0.2) is 70.2 Å². The van der Waals surface area contributed by atoms with Crippen LogP contribution in [0.1, 0.15) is 19.4 Å². The highest BCUT2D eigenvalue weighted by atomic mass is 79.9. The van der Waals surface area contributed by atoms with Crippen molar-refractivity contribution in [3.63, 3.8) is 0 Å². The smallest absolute Gasteiger partial charge is 0.280 e. The highest BCUT2D eigenvalue weighted by Gasteiger charge is 2.14. The van der Waals surface area contributed by atoms with Crippen molar-refractivity contribution in [2.75, 3.05) is 6.61 Å². The zero-order valence-corrected chi connectivity index (χ0v) is 17.3. The van der Waals surface area contributed by atoms with E-state index in [1.54, 1.807) is 13.1 Å². The quantitative estimate of drug-likeness (QED) is 0.418. The van der Waals surface area contributed by atoms with Crippen LogP contribution in [-0.4, -0.2) is 24.8 Å². The molecule has 0 saturated carbocycles. The molecule has 1 amide bonds. The molecule has 0 aliphatic rings. The number of hydrogen-bond acceptors (Lipinski definition) is 4. The molecule has 1 unspecified atom stereocenters. The monoisotopic (exact) mass is 440 g/mol. The third-order valence-corrected chi connectivity index (χ3v) is 4.55. The average Bonchev–Trinajstić information content (AvgIpc) is 2.70. The molecule has 0 aliphatic heterocycles. The number of benzene rings is 3. The van der Waals surface area contributed by atoms with Gasteiger partial charge in [-0.05, 0) is 55.0 Å². The average molecular weight is 441 g/mol. The predicted molar refractivity (Wildman–Crippen MR) is 115 cm³/mol. The lowest BCUT2D eigenvalue weighted by molar-refractivity contribution is -0.127. The Kier molecular flexibility index (Phi) is 6.66. The van der Waals surface area contributed by atoms with Crippen LogP contribution in [0.3, 0.4) is 0 Å². The lowest BCUT2D eigenvalue weighted by Crippen LogP contribution is -2.33. The van der Waals surface area contributed by atoms with E-state index in [4.69, 9.17) is 9.47 Å². The van der Waals surface area contributed by atoms with Gasteiger partial charge in [-0.15, -0.1) is 0 Å². The van der Waals surface area contributed by atoms with Gasteiger partial charge in [-0.2, -0.15) is 5.10 Å². The Labute approximate surface area is 172 Å². The number of hydrogen-bond donors (Lipinski definition) is 1. The van der Waals surface area contributed by atoms with Crippen molar-refractivity contribution in [3.05, 3.63) is 70.7 Å². The van der Waals surface area contributed by atoms with Gasteiger partial charge in [0.05, 0.1) is 12.8 Å². The van der Waals surface area contributed by atoms with Gasteiger partial charge >= 0.3 is 0 Å². The number of carbonyl (C=O) groups is 1. The topological polar surface area (TPSA) is 59.9 Å². The molecule has 0 aliphatic carbocycles. The van der Waals surface area contributed by atoms with Crippen molar-refractivity contribution in [3.8, 4) is 11.5 Å². The van der Waals surface area contributed by atoms with Gasteiger partial charge in [-0.3, -0.25) is 4.79 Å². The van der Waals surface area contributed by atoms with Crippen molar-refractivity contribution in [2.24, 2.45) is 5.10 Å². The molecule has 144 valence electrons. The first-order chi connectivity index (χ1) is 13.6. The van der Waals surface area contributed by atoms with E-state index in [9.17, 15) is 4.79 Å². The van der Waals surface area contributed by atoms with Gasteiger partial charge in [0.1, 0.15) is 11.5 Å². The summed E-state index contributed by atoms with van der Waals surface area (Å²) >= 11 is 3.42. The lowest BCUT2D eigenvalue weighted by atomic mass is 10.1. The van der Waals surface area contributed by atoms with E-state index < -0.39 is 6.10 Å². The summed E-state index contributed by atoms with van der Waals surface area (Å²) in [6.07, 6.45) is 0.864. The van der Waals surface area contributed by atoms with Crippen LogP contribution in [-0.2, 0) is 4.79 Å². The van der Waals surface area contributed by atoms with Gasteiger partial charge in [-0.25, -0.2) is 5.43 Å². The largest absolute Gasteiger partial charge is 0.493 e. The Morgan fingerprint density at radius 1 is 1.14 bits per heavy atom. The third kappa shape index (κ3) is 5.10. The first-order valence-corrected chi connectivity index (χ1v) is 9.77. The van der Waals surface area contributed by atoms with Crippen molar-refractivity contribution < 1.29 is 14.3 Å². The van der Waals surface area contributed by atoms with Gasteiger partial charge < -0.3 is 9.47 Å². The molecule has 0 fully saturated rings. The van der Waals surface area contributed by atoms with Crippen LogP contribution in [0.5, 0.6) is 11.5 Å². The number of nitrogens with zero attached hydrogens (tertiary/aromatic N) is 1. The number of rotatable bonds is 7. The summed E-state index contributed by atoms with van der Waals surface area (Å²) < 4.78 is 12.2. The van der Waals surface area contributed by atoms with Crippen LogP contribution in [0.25, 0.3) is 10.8 Å². The summed E-state index contributed by atoms with van der Waals surface area (Å²) in [5.74, 6) is 0.998. The zero-order valence-electron chi connectivity index (χ0n) is 15.7. The van der Waals surface area contributed by atoms with Gasteiger partial charge in [0, 0.05) is 10.0 Å². The molecule has 0 spiro atoms. The molecular weight excluding hydrogens is 420 g/mol.